The van der Waals surface area contributed by atoms with Crippen LogP contribution in [0.25, 0.3) is 0 Å². The predicted octanol–water partition coefficient (Wildman–Crippen LogP) is 4.07. The second kappa shape index (κ2) is 7.00. The molecule has 0 saturated carbocycles. The number of amides is 1. The number of ether oxygens (including phenoxy) is 2. The molecule has 2 aliphatic rings. The van der Waals surface area contributed by atoms with Crippen molar-refractivity contribution in [2.75, 3.05) is 18.5 Å². The highest BCUT2D eigenvalue weighted by Gasteiger charge is 2.18. The van der Waals surface area contributed by atoms with E-state index in [2.05, 4.69) is 23.5 Å². The summed E-state index contributed by atoms with van der Waals surface area (Å²) < 4.78 is 11.1. The molecular weight excluding hydrogens is 334 g/mol. The van der Waals surface area contributed by atoms with E-state index in [0.717, 1.165) is 22.8 Å². The lowest BCUT2D eigenvalue weighted by Crippen LogP contribution is -2.22. The van der Waals surface area contributed by atoms with Crippen LogP contribution in [0.2, 0.25) is 0 Å². The highest BCUT2D eigenvalue weighted by molar-refractivity contribution is 8.00. The average molecular weight is 355 g/mol. The van der Waals surface area contributed by atoms with Gasteiger partial charge in [0.1, 0.15) is 13.2 Å². The van der Waals surface area contributed by atoms with Crippen LogP contribution in [0.15, 0.2) is 41.3 Å². The van der Waals surface area contributed by atoms with Crippen LogP contribution in [0.5, 0.6) is 11.5 Å². The Labute approximate surface area is 151 Å². The van der Waals surface area contributed by atoms with Gasteiger partial charge in [-0.25, -0.2) is 0 Å². The number of anilines is 1. The fourth-order valence-electron chi connectivity index (χ4n) is 3.24. The molecule has 1 aliphatic heterocycles. The topological polar surface area (TPSA) is 47.6 Å². The second-order valence-corrected chi connectivity index (χ2v) is 7.81. The van der Waals surface area contributed by atoms with E-state index in [1.165, 1.54) is 24.0 Å². The molecule has 130 valence electrons. The van der Waals surface area contributed by atoms with Gasteiger partial charge in [-0.2, -0.15) is 0 Å². The molecule has 2 aromatic carbocycles. The maximum absolute atomic E-state index is 12.5. The zero-order valence-corrected chi connectivity index (χ0v) is 15.0. The third-order valence-electron chi connectivity index (χ3n) is 4.56. The minimum atomic E-state index is -0.173. The molecule has 1 aliphatic carbocycles. The summed E-state index contributed by atoms with van der Waals surface area (Å²) >= 11 is 1.60. The van der Waals surface area contributed by atoms with Gasteiger partial charge in [-0.15, -0.1) is 11.8 Å². The van der Waals surface area contributed by atoms with Crippen molar-refractivity contribution in [3.63, 3.8) is 0 Å². The smallest absolute Gasteiger partial charge is 0.237 e. The van der Waals surface area contributed by atoms with Gasteiger partial charge >= 0.3 is 0 Å². The molecule has 25 heavy (non-hydrogen) atoms. The summed E-state index contributed by atoms with van der Waals surface area (Å²) in [6.07, 6.45) is 3.57. The zero-order valence-electron chi connectivity index (χ0n) is 14.2. The Morgan fingerprint density at radius 3 is 2.72 bits per heavy atom. The number of hydrogen-bond acceptors (Lipinski definition) is 4. The molecule has 0 saturated heterocycles. The van der Waals surface area contributed by atoms with Crippen LogP contribution < -0.4 is 14.8 Å². The minimum absolute atomic E-state index is 0.0119. The van der Waals surface area contributed by atoms with Gasteiger partial charge in [0.05, 0.1) is 5.25 Å². The Kier molecular flexibility index (Phi) is 4.57. The molecule has 0 radical (unpaired) electrons. The molecule has 1 heterocycles. The second-order valence-electron chi connectivity index (χ2n) is 6.39. The van der Waals surface area contributed by atoms with Gasteiger partial charge in [-0.05, 0) is 61.6 Å². The number of carbonyl (C=O) groups is 1. The third kappa shape index (κ3) is 3.61. The monoisotopic (exact) mass is 355 g/mol. The van der Waals surface area contributed by atoms with Gasteiger partial charge in [-0.3, -0.25) is 4.79 Å². The van der Waals surface area contributed by atoms with Gasteiger partial charge in [0.2, 0.25) is 5.91 Å². The molecule has 0 bridgehead atoms. The predicted molar refractivity (Wildman–Crippen MR) is 99.8 cm³/mol. The van der Waals surface area contributed by atoms with E-state index in [1.54, 1.807) is 11.8 Å². The van der Waals surface area contributed by atoms with Crippen molar-refractivity contribution < 1.29 is 14.3 Å². The van der Waals surface area contributed by atoms with Crippen LogP contribution in [0.1, 0.15) is 24.5 Å². The Hall–Kier alpha value is -2.14. The van der Waals surface area contributed by atoms with Crippen molar-refractivity contribution in [1.82, 2.24) is 0 Å². The summed E-state index contributed by atoms with van der Waals surface area (Å²) in [5.41, 5.74) is 3.62. The molecule has 1 amide bonds. The summed E-state index contributed by atoms with van der Waals surface area (Å²) in [4.78, 5) is 13.7. The number of nitrogens with one attached hydrogen (secondary N) is 1. The average Bonchev–Trinajstić information content (AvgIpc) is 3.09. The molecular formula is C20H21NO3S. The summed E-state index contributed by atoms with van der Waals surface area (Å²) in [5.74, 6) is 1.40. The van der Waals surface area contributed by atoms with E-state index in [0.29, 0.717) is 19.0 Å². The lowest BCUT2D eigenvalue weighted by molar-refractivity contribution is -0.115. The summed E-state index contributed by atoms with van der Waals surface area (Å²) in [5, 5.41) is 2.80. The van der Waals surface area contributed by atoms with Gasteiger partial charge in [0, 0.05) is 16.6 Å². The number of aryl methyl sites for hydroxylation is 2. The van der Waals surface area contributed by atoms with Crippen molar-refractivity contribution >= 4 is 23.4 Å². The van der Waals surface area contributed by atoms with E-state index >= 15 is 0 Å². The molecule has 1 N–H and O–H groups in total. The van der Waals surface area contributed by atoms with Crippen LogP contribution in [0.4, 0.5) is 5.69 Å². The quantitative estimate of drug-likeness (QED) is 0.840. The Bertz CT molecular complexity index is 806. The SMILES string of the molecule is CC(Sc1ccc2c(c1)CCC2)C(=O)Nc1ccc2c(c1)OCCO2. The van der Waals surface area contributed by atoms with Crippen LogP contribution >= 0.6 is 11.8 Å². The highest BCUT2D eigenvalue weighted by Crippen LogP contribution is 2.33. The summed E-state index contributed by atoms with van der Waals surface area (Å²) in [6.45, 7) is 3.04. The van der Waals surface area contributed by atoms with Crippen molar-refractivity contribution in [2.45, 2.75) is 36.3 Å². The van der Waals surface area contributed by atoms with Crippen LogP contribution in [-0.4, -0.2) is 24.4 Å². The molecule has 1 atom stereocenters. The molecule has 1 unspecified atom stereocenters. The zero-order chi connectivity index (χ0) is 17.2. The molecule has 4 rings (SSSR count). The molecule has 2 aromatic rings. The fraction of sp³-hybridized carbons (Fsp3) is 0.350. The van der Waals surface area contributed by atoms with E-state index in [-0.39, 0.29) is 11.2 Å². The van der Waals surface area contributed by atoms with Crippen molar-refractivity contribution in [2.24, 2.45) is 0 Å². The van der Waals surface area contributed by atoms with E-state index in [1.807, 2.05) is 25.1 Å². The summed E-state index contributed by atoms with van der Waals surface area (Å²) in [6, 6.07) is 12.1. The van der Waals surface area contributed by atoms with Crippen LogP contribution in [-0.2, 0) is 17.6 Å². The Balaban J connectivity index is 1.40. The van der Waals surface area contributed by atoms with E-state index in [9.17, 15) is 4.79 Å². The standard InChI is InChI=1S/C20H21NO3S/c1-13(25-17-7-5-14-3-2-4-15(14)11-17)20(22)21-16-6-8-18-19(12-16)24-10-9-23-18/h5-8,11-13H,2-4,9-10H2,1H3,(H,21,22). The molecule has 4 nitrogen and oxygen atoms in total. The largest absolute Gasteiger partial charge is 0.486 e. The first-order chi connectivity index (χ1) is 12.2. The number of thioether (sulfide) groups is 1. The van der Waals surface area contributed by atoms with Crippen LogP contribution in [0, 0.1) is 0 Å². The van der Waals surface area contributed by atoms with Crippen LogP contribution in [0.3, 0.4) is 0 Å². The van der Waals surface area contributed by atoms with Gasteiger partial charge in [0.25, 0.3) is 0 Å². The lowest BCUT2D eigenvalue weighted by Gasteiger charge is -2.19. The third-order valence-corrected chi connectivity index (χ3v) is 5.66. The Morgan fingerprint density at radius 1 is 1.04 bits per heavy atom. The van der Waals surface area contributed by atoms with Gasteiger partial charge in [0.15, 0.2) is 11.5 Å². The first kappa shape index (κ1) is 16.3. The first-order valence-corrected chi connectivity index (χ1v) is 9.56. The van der Waals surface area contributed by atoms with Crippen molar-refractivity contribution in [3.8, 4) is 11.5 Å². The first-order valence-electron chi connectivity index (χ1n) is 8.68. The molecule has 0 fully saturated rings. The molecule has 0 aromatic heterocycles. The molecule has 0 spiro atoms. The summed E-state index contributed by atoms with van der Waals surface area (Å²) in [7, 11) is 0. The number of carbonyl (C=O) groups excluding carboxylic acids is 1. The lowest BCUT2D eigenvalue weighted by atomic mass is 10.1. The van der Waals surface area contributed by atoms with Crippen molar-refractivity contribution in [1.29, 1.82) is 0 Å². The fourth-order valence-corrected chi connectivity index (χ4v) is 4.18. The highest BCUT2D eigenvalue weighted by atomic mass is 32.2. The maximum Gasteiger partial charge on any atom is 0.237 e. The molecule has 5 heteroatoms. The normalized spacial score (nSPS) is 16.2. The maximum atomic E-state index is 12.5. The van der Waals surface area contributed by atoms with Crippen molar-refractivity contribution in [3.05, 3.63) is 47.5 Å². The van der Waals surface area contributed by atoms with E-state index in [4.69, 9.17) is 9.47 Å². The Morgan fingerprint density at radius 2 is 1.84 bits per heavy atom. The van der Waals surface area contributed by atoms with Gasteiger partial charge < -0.3 is 14.8 Å². The number of hydrogen-bond donors (Lipinski definition) is 1. The number of benzene rings is 2. The minimum Gasteiger partial charge on any atom is -0.486 e. The number of fused-ring (bicyclic) bond motifs is 2. The van der Waals surface area contributed by atoms with Gasteiger partial charge in [-0.1, -0.05) is 6.07 Å². The van der Waals surface area contributed by atoms with E-state index < -0.39 is 0 Å². The number of rotatable bonds is 4.